The molecule has 0 fully saturated rings. The maximum atomic E-state index is 12.1. The van der Waals surface area contributed by atoms with Gasteiger partial charge in [-0.25, -0.2) is 0 Å². The number of benzene rings is 2. The highest BCUT2D eigenvalue weighted by Crippen LogP contribution is 2.18. The lowest BCUT2D eigenvalue weighted by molar-refractivity contribution is -0.113. The fraction of sp³-hybridized carbons (Fsp3) is 0.200. The molecule has 0 bridgehead atoms. The SMILES string of the molecule is O=C(CSCc1ccccc1)Nc1nnc(CCNC(=O)c2ccccc2Cl)s1. The molecule has 9 heteroatoms. The van der Waals surface area contributed by atoms with Crippen LogP contribution in [0.2, 0.25) is 5.02 Å². The van der Waals surface area contributed by atoms with E-state index in [4.69, 9.17) is 11.6 Å². The van der Waals surface area contributed by atoms with Gasteiger partial charge >= 0.3 is 0 Å². The van der Waals surface area contributed by atoms with E-state index in [0.717, 1.165) is 10.8 Å². The lowest BCUT2D eigenvalue weighted by atomic mass is 10.2. The molecule has 0 atom stereocenters. The molecule has 2 N–H and O–H groups in total. The standard InChI is InChI=1S/C20H19ClN4O2S2/c21-16-9-5-4-8-15(16)19(27)22-11-10-18-24-25-20(29-18)23-17(26)13-28-12-14-6-2-1-3-7-14/h1-9H,10-13H2,(H,22,27)(H,23,25,26). The van der Waals surface area contributed by atoms with Crippen LogP contribution in [-0.2, 0) is 17.0 Å². The molecule has 0 saturated heterocycles. The van der Waals surface area contributed by atoms with Crippen molar-refractivity contribution in [2.75, 3.05) is 17.6 Å². The minimum absolute atomic E-state index is 0.111. The van der Waals surface area contributed by atoms with E-state index in [9.17, 15) is 9.59 Å². The van der Waals surface area contributed by atoms with E-state index in [1.165, 1.54) is 16.9 Å². The van der Waals surface area contributed by atoms with Crippen molar-refractivity contribution in [3.63, 3.8) is 0 Å². The molecule has 1 aromatic heterocycles. The number of halogens is 1. The Bertz CT molecular complexity index is 966. The van der Waals surface area contributed by atoms with Crippen molar-refractivity contribution < 1.29 is 9.59 Å². The summed E-state index contributed by atoms with van der Waals surface area (Å²) in [6.07, 6.45) is 0.520. The van der Waals surface area contributed by atoms with Gasteiger partial charge in [-0.1, -0.05) is 65.4 Å². The van der Waals surface area contributed by atoms with Gasteiger partial charge in [-0.05, 0) is 17.7 Å². The van der Waals surface area contributed by atoms with Gasteiger partial charge in [0.15, 0.2) is 0 Å². The molecule has 0 aliphatic carbocycles. The first-order valence-corrected chi connectivity index (χ1v) is 11.2. The summed E-state index contributed by atoms with van der Waals surface area (Å²) in [4.78, 5) is 24.2. The lowest BCUT2D eigenvalue weighted by Crippen LogP contribution is -2.25. The molecule has 0 radical (unpaired) electrons. The third-order valence-corrected chi connectivity index (χ3v) is 6.03. The number of carbonyl (C=O) groups excluding carboxylic acids is 2. The fourth-order valence-corrected chi connectivity index (χ4v) is 4.18. The average molecular weight is 447 g/mol. The number of nitrogens with one attached hydrogen (secondary N) is 2. The van der Waals surface area contributed by atoms with Crippen LogP contribution in [0.15, 0.2) is 54.6 Å². The monoisotopic (exact) mass is 446 g/mol. The highest BCUT2D eigenvalue weighted by atomic mass is 35.5. The fourth-order valence-electron chi connectivity index (χ4n) is 2.42. The summed E-state index contributed by atoms with van der Waals surface area (Å²) < 4.78 is 0. The summed E-state index contributed by atoms with van der Waals surface area (Å²) in [5.41, 5.74) is 1.62. The number of rotatable bonds is 9. The maximum Gasteiger partial charge on any atom is 0.252 e. The largest absolute Gasteiger partial charge is 0.352 e. The highest BCUT2D eigenvalue weighted by molar-refractivity contribution is 7.99. The van der Waals surface area contributed by atoms with Gasteiger partial charge in [-0.15, -0.1) is 22.0 Å². The van der Waals surface area contributed by atoms with Crippen LogP contribution in [0, 0.1) is 0 Å². The van der Waals surface area contributed by atoms with Crippen LogP contribution >= 0.6 is 34.7 Å². The quantitative estimate of drug-likeness (QED) is 0.518. The van der Waals surface area contributed by atoms with Gasteiger partial charge in [0.2, 0.25) is 11.0 Å². The second kappa shape index (κ2) is 10.9. The van der Waals surface area contributed by atoms with Crippen molar-refractivity contribution >= 4 is 51.6 Å². The smallest absolute Gasteiger partial charge is 0.252 e. The first kappa shape index (κ1) is 21.3. The van der Waals surface area contributed by atoms with Gasteiger partial charge in [0.1, 0.15) is 5.01 Å². The molecular weight excluding hydrogens is 428 g/mol. The lowest BCUT2D eigenvalue weighted by Gasteiger charge is -2.05. The molecule has 0 aliphatic rings. The number of anilines is 1. The van der Waals surface area contributed by atoms with Crippen molar-refractivity contribution in [1.82, 2.24) is 15.5 Å². The van der Waals surface area contributed by atoms with Crippen LogP contribution in [0.5, 0.6) is 0 Å². The van der Waals surface area contributed by atoms with Gasteiger partial charge in [-0.2, -0.15) is 0 Å². The average Bonchev–Trinajstić information content (AvgIpc) is 3.16. The van der Waals surface area contributed by atoms with E-state index < -0.39 is 0 Å². The van der Waals surface area contributed by atoms with E-state index >= 15 is 0 Å². The number of amides is 2. The molecule has 150 valence electrons. The Morgan fingerprint density at radius 3 is 2.59 bits per heavy atom. The zero-order chi connectivity index (χ0) is 20.5. The molecule has 0 saturated carbocycles. The first-order valence-electron chi connectivity index (χ1n) is 8.88. The van der Waals surface area contributed by atoms with E-state index in [1.54, 1.807) is 36.0 Å². The minimum atomic E-state index is -0.232. The Morgan fingerprint density at radius 1 is 1.03 bits per heavy atom. The van der Waals surface area contributed by atoms with Crippen LogP contribution in [-0.4, -0.2) is 34.3 Å². The van der Waals surface area contributed by atoms with E-state index in [1.807, 2.05) is 30.3 Å². The molecular formula is C20H19ClN4O2S2. The normalized spacial score (nSPS) is 10.5. The van der Waals surface area contributed by atoms with Crippen LogP contribution < -0.4 is 10.6 Å². The summed E-state index contributed by atoms with van der Waals surface area (Å²) in [7, 11) is 0. The van der Waals surface area contributed by atoms with Crippen molar-refractivity contribution in [3.8, 4) is 0 Å². The topological polar surface area (TPSA) is 84.0 Å². The summed E-state index contributed by atoms with van der Waals surface area (Å²) in [5.74, 6) is 0.781. The molecule has 29 heavy (non-hydrogen) atoms. The predicted molar refractivity (Wildman–Crippen MR) is 119 cm³/mol. The summed E-state index contributed by atoms with van der Waals surface area (Å²) in [6, 6.07) is 16.9. The van der Waals surface area contributed by atoms with Crippen LogP contribution in [0.25, 0.3) is 0 Å². The molecule has 2 amide bonds. The number of hydrogen-bond donors (Lipinski definition) is 2. The molecule has 0 unspecified atom stereocenters. The second-order valence-corrected chi connectivity index (χ2v) is 8.47. The molecule has 0 spiro atoms. The molecule has 3 aromatic rings. The Hall–Kier alpha value is -2.42. The number of carbonyl (C=O) groups is 2. The number of aromatic nitrogens is 2. The van der Waals surface area contributed by atoms with E-state index in [2.05, 4.69) is 20.8 Å². The van der Waals surface area contributed by atoms with Crippen LogP contribution in [0.3, 0.4) is 0 Å². The van der Waals surface area contributed by atoms with Crippen molar-refractivity contribution in [1.29, 1.82) is 0 Å². The van der Waals surface area contributed by atoms with Gasteiger partial charge in [0.25, 0.3) is 5.91 Å². The Morgan fingerprint density at radius 2 is 1.79 bits per heavy atom. The third kappa shape index (κ3) is 6.85. The second-order valence-electron chi connectivity index (χ2n) is 6.01. The Balaban J connectivity index is 1.38. The highest BCUT2D eigenvalue weighted by Gasteiger charge is 2.11. The number of nitrogens with zero attached hydrogens (tertiary/aromatic N) is 2. The van der Waals surface area contributed by atoms with Gasteiger partial charge in [0.05, 0.1) is 16.3 Å². The first-order chi connectivity index (χ1) is 14.1. The summed E-state index contributed by atoms with van der Waals surface area (Å²) in [6.45, 7) is 0.402. The third-order valence-electron chi connectivity index (χ3n) is 3.80. The van der Waals surface area contributed by atoms with Gasteiger partial charge in [-0.3, -0.25) is 14.9 Å². The van der Waals surface area contributed by atoms with Crippen molar-refractivity contribution in [3.05, 3.63) is 75.8 Å². The van der Waals surface area contributed by atoms with E-state index in [-0.39, 0.29) is 11.8 Å². The van der Waals surface area contributed by atoms with Crippen LogP contribution in [0.1, 0.15) is 20.9 Å². The number of thioether (sulfide) groups is 1. The summed E-state index contributed by atoms with van der Waals surface area (Å²) in [5, 5.41) is 15.2. The van der Waals surface area contributed by atoms with Crippen molar-refractivity contribution in [2.45, 2.75) is 12.2 Å². The summed E-state index contributed by atoms with van der Waals surface area (Å²) >= 11 is 8.86. The molecule has 3 rings (SSSR count). The minimum Gasteiger partial charge on any atom is -0.352 e. The van der Waals surface area contributed by atoms with E-state index in [0.29, 0.717) is 34.4 Å². The van der Waals surface area contributed by atoms with Crippen molar-refractivity contribution in [2.24, 2.45) is 0 Å². The zero-order valence-electron chi connectivity index (χ0n) is 15.4. The predicted octanol–water partition coefficient (Wildman–Crippen LogP) is 4.04. The molecule has 6 nitrogen and oxygen atoms in total. The number of hydrogen-bond acceptors (Lipinski definition) is 6. The zero-order valence-corrected chi connectivity index (χ0v) is 17.8. The van der Waals surface area contributed by atoms with Gasteiger partial charge < -0.3 is 5.32 Å². The van der Waals surface area contributed by atoms with Gasteiger partial charge in [0, 0.05) is 18.7 Å². The Kier molecular flexibility index (Phi) is 8.03. The molecule has 1 heterocycles. The molecule has 2 aromatic carbocycles. The maximum absolute atomic E-state index is 12.1. The van der Waals surface area contributed by atoms with Crippen LogP contribution in [0.4, 0.5) is 5.13 Å². The molecule has 0 aliphatic heterocycles. The Labute approximate surface area is 182 Å².